The molecule has 0 aromatic heterocycles. The predicted octanol–water partition coefficient (Wildman–Crippen LogP) is 2.73. The van der Waals surface area contributed by atoms with Gasteiger partial charge in [0.25, 0.3) is 0 Å². The summed E-state index contributed by atoms with van der Waals surface area (Å²) in [7, 11) is 0. The van der Waals surface area contributed by atoms with Gasteiger partial charge >= 0.3 is 0 Å². The first-order valence-corrected chi connectivity index (χ1v) is 8.98. The maximum absolute atomic E-state index is 12.0. The first-order chi connectivity index (χ1) is 10.2. The van der Waals surface area contributed by atoms with Gasteiger partial charge in [-0.3, -0.25) is 9.59 Å². The highest BCUT2D eigenvalue weighted by atomic mass is 32.1. The summed E-state index contributed by atoms with van der Waals surface area (Å²) in [5.74, 6) is 1.19. The van der Waals surface area contributed by atoms with Crippen LogP contribution in [-0.2, 0) is 9.59 Å². The summed E-state index contributed by atoms with van der Waals surface area (Å²) in [5, 5.41) is 0. The molecule has 2 amide bonds. The van der Waals surface area contributed by atoms with Gasteiger partial charge in [-0.1, -0.05) is 39.0 Å². The summed E-state index contributed by atoms with van der Waals surface area (Å²) in [5.41, 5.74) is 0. The van der Waals surface area contributed by atoms with Gasteiger partial charge in [0.15, 0.2) is 0 Å². The van der Waals surface area contributed by atoms with Crippen molar-refractivity contribution in [1.82, 2.24) is 9.80 Å². The minimum Gasteiger partial charge on any atom is -0.332 e. The molecule has 0 aliphatic carbocycles. The van der Waals surface area contributed by atoms with E-state index in [4.69, 9.17) is 0 Å². The van der Waals surface area contributed by atoms with Gasteiger partial charge in [0, 0.05) is 13.1 Å². The molecule has 1 aliphatic heterocycles. The molecule has 0 N–H and O–H groups in total. The molecule has 0 radical (unpaired) electrons. The lowest BCUT2D eigenvalue weighted by atomic mass is 10.1. The van der Waals surface area contributed by atoms with E-state index in [0.29, 0.717) is 6.54 Å². The van der Waals surface area contributed by atoms with Crippen LogP contribution in [0.2, 0.25) is 0 Å². The molecule has 0 aromatic rings. The number of unbranched alkanes of at least 4 members (excludes halogenated alkanes) is 6. The van der Waals surface area contributed by atoms with Gasteiger partial charge in [-0.15, -0.1) is 0 Å². The van der Waals surface area contributed by atoms with E-state index in [9.17, 15) is 9.59 Å². The molecular weight excluding hydrogens is 284 g/mol. The molecule has 122 valence electrons. The fourth-order valence-corrected chi connectivity index (χ4v) is 2.90. The summed E-state index contributed by atoms with van der Waals surface area (Å²) in [4.78, 5) is 27.3. The summed E-state index contributed by atoms with van der Waals surface area (Å²) in [6.07, 6.45) is 9.34. The van der Waals surface area contributed by atoms with Gasteiger partial charge in [0.2, 0.25) is 11.8 Å². The van der Waals surface area contributed by atoms with Crippen LogP contribution < -0.4 is 0 Å². The molecule has 21 heavy (non-hydrogen) atoms. The molecule has 1 heterocycles. The highest BCUT2D eigenvalue weighted by molar-refractivity contribution is 7.80. The number of hydrogen-bond donors (Lipinski definition) is 1. The molecular formula is C16H30N2O2S. The number of amides is 2. The quantitative estimate of drug-likeness (QED) is 0.470. The maximum atomic E-state index is 12.0. The second-order valence-corrected chi connectivity index (χ2v) is 6.28. The molecule has 0 unspecified atom stereocenters. The van der Waals surface area contributed by atoms with E-state index < -0.39 is 0 Å². The van der Waals surface area contributed by atoms with Gasteiger partial charge in [0.1, 0.15) is 0 Å². The maximum Gasteiger partial charge on any atom is 0.242 e. The number of carbonyl (C=O) groups is 2. The Morgan fingerprint density at radius 2 is 1.29 bits per heavy atom. The summed E-state index contributed by atoms with van der Waals surface area (Å²) < 4.78 is 0. The Bertz CT molecular complexity index is 323. The first kappa shape index (κ1) is 18.3. The highest BCUT2D eigenvalue weighted by Crippen LogP contribution is 2.10. The Balaban J connectivity index is 2.10. The lowest BCUT2D eigenvalue weighted by Crippen LogP contribution is -2.53. The number of hydrogen-bond acceptors (Lipinski definition) is 3. The van der Waals surface area contributed by atoms with Crippen molar-refractivity contribution >= 4 is 24.4 Å². The number of thiol groups is 1. The zero-order valence-electron chi connectivity index (χ0n) is 13.4. The van der Waals surface area contributed by atoms with Gasteiger partial charge < -0.3 is 9.80 Å². The zero-order valence-corrected chi connectivity index (χ0v) is 14.2. The molecule has 0 saturated carbocycles. The Hall–Kier alpha value is -0.710. The molecule has 0 spiro atoms. The Morgan fingerprint density at radius 3 is 1.81 bits per heavy atom. The molecule has 0 aromatic carbocycles. The normalized spacial score (nSPS) is 15.9. The van der Waals surface area contributed by atoms with Crippen molar-refractivity contribution in [2.45, 2.75) is 58.3 Å². The smallest absolute Gasteiger partial charge is 0.242 e. The van der Waals surface area contributed by atoms with Crippen molar-refractivity contribution in [3.05, 3.63) is 0 Å². The van der Waals surface area contributed by atoms with E-state index in [1.807, 2.05) is 6.92 Å². The van der Waals surface area contributed by atoms with Gasteiger partial charge in [0.05, 0.1) is 13.1 Å². The Kier molecular flexibility index (Phi) is 9.55. The lowest BCUT2D eigenvalue weighted by molar-refractivity contribution is -0.150. The van der Waals surface area contributed by atoms with Crippen molar-refractivity contribution in [2.24, 2.45) is 0 Å². The van der Waals surface area contributed by atoms with Crippen LogP contribution in [0.3, 0.4) is 0 Å². The molecule has 5 heteroatoms. The zero-order chi connectivity index (χ0) is 15.5. The monoisotopic (exact) mass is 314 g/mol. The second kappa shape index (κ2) is 10.9. The summed E-state index contributed by atoms with van der Waals surface area (Å²) >= 11 is 4.20. The molecule has 0 atom stereocenters. The molecule has 0 bridgehead atoms. The fraction of sp³-hybridized carbons (Fsp3) is 0.875. The fourth-order valence-electron chi connectivity index (χ4n) is 2.68. The molecule has 4 nitrogen and oxygen atoms in total. The van der Waals surface area contributed by atoms with Crippen molar-refractivity contribution in [3.63, 3.8) is 0 Å². The van der Waals surface area contributed by atoms with E-state index >= 15 is 0 Å². The number of nitrogens with zero attached hydrogens (tertiary/aromatic N) is 2. The minimum absolute atomic E-state index is 0.100. The molecule has 1 rings (SSSR count). The van der Waals surface area contributed by atoms with Crippen LogP contribution in [0.1, 0.15) is 58.3 Å². The van der Waals surface area contributed by atoms with E-state index in [1.54, 1.807) is 9.80 Å². The van der Waals surface area contributed by atoms with Crippen molar-refractivity contribution < 1.29 is 9.59 Å². The van der Waals surface area contributed by atoms with E-state index in [1.165, 1.54) is 32.1 Å². The van der Waals surface area contributed by atoms with Crippen LogP contribution >= 0.6 is 12.6 Å². The van der Waals surface area contributed by atoms with Gasteiger partial charge in [-0.05, 0) is 25.0 Å². The average Bonchev–Trinajstić information content (AvgIpc) is 2.46. The largest absolute Gasteiger partial charge is 0.332 e. The van der Waals surface area contributed by atoms with Gasteiger partial charge in [-0.25, -0.2) is 0 Å². The van der Waals surface area contributed by atoms with Crippen LogP contribution in [0, 0.1) is 0 Å². The summed E-state index contributed by atoms with van der Waals surface area (Å²) in [6, 6.07) is 0. The number of carbonyl (C=O) groups excluding carboxylic acids is 2. The first-order valence-electron chi connectivity index (χ1n) is 8.35. The van der Waals surface area contributed by atoms with Crippen molar-refractivity contribution in [1.29, 1.82) is 0 Å². The molecule has 1 fully saturated rings. The van der Waals surface area contributed by atoms with E-state index in [-0.39, 0.29) is 24.9 Å². The second-order valence-electron chi connectivity index (χ2n) is 5.83. The predicted molar refractivity (Wildman–Crippen MR) is 89.6 cm³/mol. The van der Waals surface area contributed by atoms with Crippen LogP contribution in [0.4, 0.5) is 0 Å². The third-order valence-corrected chi connectivity index (χ3v) is 4.25. The van der Waals surface area contributed by atoms with Crippen molar-refractivity contribution in [2.75, 3.05) is 31.9 Å². The third-order valence-electron chi connectivity index (χ3n) is 3.94. The van der Waals surface area contributed by atoms with Crippen molar-refractivity contribution in [3.8, 4) is 0 Å². The Morgan fingerprint density at radius 1 is 0.810 bits per heavy atom. The number of rotatable bonds is 11. The standard InChI is InChI=1S/C16H30N2O2S/c1-2-10-17-13-16(20)18(14-15(17)19)11-8-6-4-3-5-7-9-12-21/h21H,2-14H2,1H3. The summed E-state index contributed by atoms with van der Waals surface area (Å²) in [6.45, 7) is 4.02. The van der Waals surface area contributed by atoms with Crippen LogP contribution in [0.15, 0.2) is 0 Å². The van der Waals surface area contributed by atoms with Crippen LogP contribution in [0.25, 0.3) is 0 Å². The topological polar surface area (TPSA) is 40.6 Å². The minimum atomic E-state index is 0.100. The number of piperazine rings is 1. The van der Waals surface area contributed by atoms with Gasteiger partial charge in [-0.2, -0.15) is 12.6 Å². The lowest BCUT2D eigenvalue weighted by Gasteiger charge is -2.33. The Labute approximate surface area is 134 Å². The molecule has 1 aliphatic rings. The molecule has 1 saturated heterocycles. The average molecular weight is 314 g/mol. The van der Waals surface area contributed by atoms with Crippen LogP contribution in [0.5, 0.6) is 0 Å². The van der Waals surface area contributed by atoms with Crippen LogP contribution in [-0.4, -0.2) is 53.5 Å². The van der Waals surface area contributed by atoms with E-state index in [2.05, 4.69) is 12.6 Å². The highest BCUT2D eigenvalue weighted by Gasteiger charge is 2.28. The van der Waals surface area contributed by atoms with E-state index in [0.717, 1.165) is 31.6 Å². The SMILES string of the molecule is CCCN1CC(=O)N(CCCCCCCCCS)CC1=O. The third kappa shape index (κ3) is 7.21.